The average molecular weight is 282 g/mol. The molecule has 1 saturated carbocycles. The SMILES string of the molecule is COC1CCCCC1(CN)N1CCC(C(C)(C)C)CC1. The summed E-state index contributed by atoms with van der Waals surface area (Å²) in [7, 11) is 1.86. The van der Waals surface area contributed by atoms with E-state index in [0.717, 1.165) is 12.5 Å². The molecule has 3 heteroatoms. The van der Waals surface area contributed by atoms with Crippen LogP contribution in [0.4, 0.5) is 0 Å². The van der Waals surface area contributed by atoms with Crippen molar-refractivity contribution in [1.29, 1.82) is 0 Å². The van der Waals surface area contributed by atoms with Gasteiger partial charge < -0.3 is 10.5 Å². The molecule has 0 aromatic heterocycles. The molecule has 0 aromatic carbocycles. The lowest BCUT2D eigenvalue weighted by molar-refractivity contribution is -0.0899. The molecule has 1 heterocycles. The van der Waals surface area contributed by atoms with Crippen molar-refractivity contribution in [3.05, 3.63) is 0 Å². The van der Waals surface area contributed by atoms with Gasteiger partial charge in [0.1, 0.15) is 0 Å². The molecule has 1 aliphatic carbocycles. The Kier molecular flexibility index (Phi) is 5.14. The molecule has 0 aromatic rings. The molecule has 0 radical (unpaired) electrons. The highest BCUT2D eigenvalue weighted by atomic mass is 16.5. The number of hydrogen-bond donors (Lipinski definition) is 1. The molecule has 20 heavy (non-hydrogen) atoms. The summed E-state index contributed by atoms with van der Waals surface area (Å²) in [6.07, 6.45) is 7.92. The van der Waals surface area contributed by atoms with Crippen LogP contribution < -0.4 is 5.73 Å². The summed E-state index contributed by atoms with van der Waals surface area (Å²) in [5, 5.41) is 0. The Balaban J connectivity index is 2.06. The van der Waals surface area contributed by atoms with Gasteiger partial charge in [0.05, 0.1) is 11.6 Å². The molecule has 0 bridgehead atoms. The van der Waals surface area contributed by atoms with Crippen LogP contribution in [-0.2, 0) is 4.74 Å². The van der Waals surface area contributed by atoms with Gasteiger partial charge in [0.15, 0.2) is 0 Å². The molecular formula is C17H34N2O. The summed E-state index contributed by atoms with van der Waals surface area (Å²) < 4.78 is 5.82. The van der Waals surface area contributed by atoms with Crippen molar-refractivity contribution in [3.8, 4) is 0 Å². The van der Waals surface area contributed by atoms with Gasteiger partial charge in [-0.15, -0.1) is 0 Å². The van der Waals surface area contributed by atoms with Gasteiger partial charge in [-0.05, 0) is 50.1 Å². The summed E-state index contributed by atoms with van der Waals surface area (Å²) in [5.41, 5.74) is 6.78. The third-order valence-corrected chi connectivity index (χ3v) is 5.91. The fourth-order valence-electron chi connectivity index (χ4n) is 4.44. The van der Waals surface area contributed by atoms with Crippen LogP contribution in [0.25, 0.3) is 0 Å². The molecule has 2 fully saturated rings. The zero-order valence-corrected chi connectivity index (χ0v) is 14.0. The van der Waals surface area contributed by atoms with Crippen LogP contribution in [0.1, 0.15) is 59.3 Å². The monoisotopic (exact) mass is 282 g/mol. The van der Waals surface area contributed by atoms with Gasteiger partial charge in [-0.2, -0.15) is 0 Å². The van der Waals surface area contributed by atoms with Crippen LogP contribution in [0.2, 0.25) is 0 Å². The molecule has 118 valence electrons. The standard InChI is InChI=1S/C17H34N2O/c1-16(2,3)14-8-11-19(12-9-14)17(13-18)10-6-5-7-15(17)20-4/h14-15H,5-13,18H2,1-4H3. The van der Waals surface area contributed by atoms with E-state index in [2.05, 4.69) is 25.7 Å². The Morgan fingerprint density at radius 2 is 1.80 bits per heavy atom. The van der Waals surface area contributed by atoms with Gasteiger partial charge in [0, 0.05) is 13.7 Å². The third-order valence-electron chi connectivity index (χ3n) is 5.91. The highest BCUT2D eigenvalue weighted by Crippen LogP contribution is 2.40. The number of piperidine rings is 1. The number of methoxy groups -OCH3 is 1. The van der Waals surface area contributed by atoms with Crippen LogP contribution in [-0.4, -0.2) is 43.3 Å². The Hall–Kier alpha value is -0.120. The Morgan fingerprint density at radius 3 is 2.30 bits per heavy atom. The minimum Gasteiger partial charge on any atom is -0.379 e. The second-order valence-corrected chi connectivity index (χ2v) is 7.91. The van der Waals surface area contributed by atoms with Gasteiger partial charge in [-0.1, -0.05) is 33.6 Å². The first kappa shape index (κ1) is 16.3. The molecule has 0 spiro atoms. The average Bonchev–Trinajstić information content (AvgIpc) is 2.46. The van der Waals surface area contributed by atoms with Crippen LogP contribution >= 0.6 is 0 Å². The first-order valence-corrected chi connectivity index (χ1v) is 8.42. The van der Waals surface area contributed by atoms with Gasteiger partial charge in [-0.3, -0.25) is 4.90 Å². The van der Waals surface area contributed by atoms with Crippen molar-refractivity contribution in [2.45, 2.75) is 70.9 Å². The largest absolute Gasteiger partial charge is 0.379 e. The van der Waals surface area contributed by atoms with E-state index in [9.17, 15) is 0 Å². The van der Waals surface area contributed by atoms with Crippen molar-refractivity contribution >= 4 is 0 Å². The number of nitrogens with zero attached hydrogens (tertiary/aromatic N) is 1. The maximum absolute atomic E-state index is 6.23. The minimum atomic E-state index is 0.107. The molecular weight excluding hydrogens is 248 g/mol. The predicted molar refractivity (Wildman–Crippen MR) is 84.8 cm³/mol. The van der Waals surface area contributed by atoms with Crippen LogP contribution in [0.15, 0.2) is 0 Å². The molecule has 0 amide bonds. The van der Waals surface area contributed by atoms with Crippen molar-refractivity contribution in [2.24, 2.45) is 17.1 Å². The number of hydrogen-bond acceptors (Lipinski definition) is 3. The fourth-order valence-corrected chi connectivity index (χ4v) is 4.44. The molecule has 1 aliphatic heterocycles. The zero-order chi connectivity index (χ0) is 14.8. The molecule has 2 unspecified atom stereocenters. The van der Waals surface area contributed by atoms with Gasteiger partial charge in [0.25, 0.3) is 0 Å². The molecule has 3 nitrogen and oxygen atoms in total. The molecule has 2 rings (SSSR count). The second kappa shape index (κ2) is 6.33. The number of nitrogens with two attached hydrogens (primary N) is 1. The molecule has 2 atom stereocenters. The first-order valence-electron chi connectivity index (χ1n) is 8.42. The summed E-state index contributed by atoms with van der Waals surface area (Å²) in [6, 6.07) is 0. The lowest BCUT2D eigenvalue weighted by Crippen LogP contribution is -2.64. The quantitative estimate of drug-likeness (QED) is 0.864. The van der Waals surface area contributed by atoms with E-state index in [4.69, 9.17) is 10.5 Å². The van der Waals surface area contributed by atoms with E-state index in [0.29, 0.717) is 11.5 Å². The maximum atomic E-state index is 6.23. The minimum absolute atomic E-state index is 0.107. The topological polar surface area (TPSA) is 38.5 Å². The van der Waals surface area contributed by atoms with Crippen LogP contribution in [0.3, 0.4) is 0 Å². The van der Waals surface area contributed by atoms with E-state index in [1.807, 2.05) is 7.11 Å². The van der Waals surface area contributed by atoms with Crippen molar-refractivity contribution in [2.75, 3.05) is 26.7 Å². The van der Waals surface area contributed by atoms with E-state index in [1.165, 1.54) is 51.6 Å². The molecule has 2 aliphatic rings. The highest BCUT2D eigenvalue weighted by Gasteiger charge is 2.46. The zero-order valence-electron chi connectivity index (χ0n) is 14.0. The summed E-state index contributed by atoms with van der Waals surface area (Å²) in [5.74, 6) is 0.846. The lowest BCUT2D eigenvalue weighted by Gasteiger charge is -2.53. The van der Waals surface area contributed by atoms with Crippen LogP contribution in [0.5, 0.6) is 0 Å². The normalized spacial score (nSPS) is 34.4. The van der Waals surface area contributed by atoms with Gasteiger partial charge in [-0.25, -0.2) is 0 Å². The predicted octanol–water partition coefficient (Wildman–Crippen LogP) is 3.03. The van der Waals surface area contributed by atoms with E-state index < -0.39 is 0 Å². The van der Waals surface area contributed by atoms with E-state index in [1.54, 1.807) is 0 Å². The summed E-state index contributed by atoms with van der Waals surface area (Å²) in [4.78, 5) is 2.67. The summed E-state index contributed by atoms with van der Waals surface area (Å²) in [6.45, 7) is 10.3. The van der Waals surface area contributed by atoms with Gasteiger partial charge >= 0.3 is 0 Å². The van der Waals surface area contributed by atoms with Crippen molar-refractivity contribution < 1.29 is 4.74 Å². The lowest BCUT2D eigenvalue weighted by atomic mass is 9.72. The molecule has 2 N–H and O–H groups in total. The Morgan fingerprint density at radius 1 is 1.15 bits per heavy atom. The summed E-state index contributed by atoms with van der Waals surface area (Å²) >= 11 is 0. The number of rotatable bonds is 3. The smallest absolute Gasteiger partial charge is 0.0767 e. The highest BCUT2D eigenvalue weighted by molar-refractivity contribution is 5.02. The second-order valence-electron chi connectivity index (χ2n) is 7.91. The molecule has 1 saturated heterocycles. The van der Waals surface area contributed by atoms with E-state index >= 15 is 0 Å². The maximum Gasteiger partial charge on any atom is 0.0767 e. The van der Waals surface area contributed by atoms with Crippen LogP contribution in [0, 0.1) is 11.3 Å². The first-order chi connectivity index (χ1) is 9.44. The Bertz CT molecular complexity index is 305. The number of ether oxygens (including phenoxy) is 1. The van der Waals surface area contributed by atoms with E-state index in [-0.39, 0.29) is 5.54 Å². The van der Waals surface area contributed by atoms with Gasteiger partial charge in [0.2, 0.25) is 0 Å². The van der Waals surface area contributed by atoms with Crippen molar-refractivity contribution in [1.82, 2.24) is 4.90 Å². The fraction of sp³-hybridized carbons (Fsp3) is 1.00. The number of likely N-dealkylation sites (tertiary alicyclic amines) is 1. The third kappa shape index (κ3) is 3.05. The van der Waals surface area contributed by atoms with Crippen molar-refractivity contribution in [3.63, 3.8) is 0 Å². The Labute approximate surface area is 125 Å².